The number of aromatic amines is 1. The quantitative estimate of drug-likeness (QED) is 0.567. The normalized spacial score (nSPS) is 11.1. The molecule has 0 radical (unpaired) electrons. The fourth-order valence-electron chi connectivity index (χ4n) is 3.13. The van der Waals surface area contributed by atoms with Gasteiger partial charge in [0.25, 0.3) is 0 Å². The van der Waals surface area contributed by atoms with Gasteiger partial charge in [0.05, 0.1) is 30.0 Å². The van der Waals surface area contributed by atoms with Crippen molar-refractivity contribution in [2.45, 2.75) is 13.2 Å². The van der Waals surface area contributed by atoms with Gasteiger partial charge in [0.2, 0.25) is 0 Å². The van der Waals surface area contributed by atoms with E-state index in [-0.39, 0.29) is 5.69 Å². The number of aromatic nitrogens is 5. The summed E-state index contributed by atoms with van der Waals surface area (Å²) in [5.74, 6) is 0.617. The monoisotopic (exact) mass is 333 g/mol. The summed E-state index contributed by atoms with van der Waals surface area (Å²) in [7, 11) is 2.46. The molecule has 3 heterocycles. The average Bonchev–Trinajstić information content (AvgIpc) is 2.98. The molecule has 0 unspecified atom stereocenters. The maximum Gasteiger partial charge on any atom is 0.332 e. The smallest absolute Gasteiger partial charge is 0.332 e. The number of benzene rings is 1. The number of nitrogens with one attached hydrogen (secondary N) is 1. The molecule has 4 rings (SSSR count). The second-order valence-corrected chi connectivity index (χ2v) is 5.80. The van der Waals surface area contributed by atoms with Gasteiger partial charge in [-0.2, -0.15) is 10.2 Å². The number of methoxy groups -OCH3 is 1. The van der Waals surface area contributed by atoms with Crippen LogP contribution in [0.25, 0.3) is 27.8 Å². The van der Waals surface area contributed by atoms with Gasteiger partial charge < -0.3 is 4.74 Å². The number of nitrogens with zero attached hydrogens (tertiary/aromatic N) is 4. The lowest BCUT2D eigenvalue weighted by Gasteiger charge is -2.09. The molecular weight excluding hydrogens is 317 g/mol. The maximum absolute atomic E-state index is 12.6. The van der Waals surface area contributed by atoms with Crippen LogP contribution in [-0.4, -0.2) is 39.1 Å². The third-order valence-corrected chi connectivity index (χ3v) is 4.24. The molecule has 0 bridgehead atoms. The van der Waals surface area contributed by atoms with Crippen LogP contribution in [0.1, 0.15) is 6.92 Å². The highest BCUT2D eigenvalue weighted by Gasteiger charge is 2.15. The highest BCUT2D eigenvalue weighted by atomic mass is 16.5. The van der Waals surface area contributed by atoms with Crippen molar-refractivity contribution in [1.82, 2.24) is 24.7 Å². The van der Waals surface area contributed by atoms with Crippen LogP contribution in [0.4, 0.5) is 0 Å². The number of H-pyrrole nitrogens is 1. The average molecular weight is 333 g/mol. The van der Waals surface area contributed by atoms with Crippen LogP contribution in [0.5, 0.6) is 5.75 Å². The van der Waals surface area contributed by atoms with Gasteiger partial charge in [0.15, 0.2) is 12.9 Å². The summed E-state index contributed by atoms with van der Waals surface area (Å²) >= 11 is 0. The SMILES string of the molecule is CCBc1ccnc2[nH]c(=O)n(-c3ccc4nncc(OC)c4c3)c12. The van der Waals surface area contributed by atoms with E-state index in [0.29, 0.717) is 16.9 Å². The summed E-state index contributed by atoms with van der Waals surface area (Å²) < 4.78 is 7.03. The lowest BCUT2D eigenvalue weighted by atomic mass is 9.68. The summed E-state index contributed by atoms with van der Waals surface area (Å²) in [4.78, 5) is 19.7. The zero-order valence-electron chi connectivity index (χ0n) is 14.0. The second kappa shape index (κ2) is 6.05. The highest BCUT2D eigenvalue weighted by molar-refractivity contribution is 6.56. The van der Waals surface area contributed by atoms with Gasteiger partial charge in [0.1, 0.15) is 5.75 Å². The molecule has 0 spiro atoms. The summed E-state index contributed by atoms with van der Waals surface area (Å²) in [5, 5.41) is 8.83. The molecule has 8 heteroatoms. The predicted octanol–water partition coefficient (Wildman–Crippen LogP) is 1.17. The van der Waals surface area contributed by atoms with E-state index in [4.69, 9.17) is 4.74 Å². The Balaban J connectivity index is 2.03. The van der Waals surface area contributed by atoms with Crippen molar-refractivity contribution in [2.75, 3.05) is 7.11 Å². The summed E-state index contributed by atoms with van der Waals surface area (Å²) in [6.07, 6.45) is 4.28. The van der Waals surface area contributed by atoms with Gasteiger partial charge in [-0.3, -0.25) is 9.55 Å². The minimum Gasteiger partial charge on any atom is -0.494 e. The second-order valence-electron chi connectivity index (χ2n) is 5.80. The van der Waals surface area contributed by atoms with Crippen molar-refractivity contribution < 1.29 is 4.74 Å². The fourth-order valence-corrected chi connectivity index (χ4v) is 3.13. The zero-order valence-corrected chi connectivity index (χ0v) is 14.0. The van der Waals surface area contributed by atoms with Crippen LogP contribution in [0.3, 0.4) is 0 Å². The van der Waals surface area contributed by atoms with Crippen LogP contribution in [0.2, 0.25) is 6.32 Å². The zero-order chi connectivity index (χ0) is 17.4. The molecule has 124 valence electrons. The van der Waals surface area contributed by atoms with Crippen LogP contribution in [0.15, 0.2) is 41.5 Å². The van der Waals surface area contributed by atoms with Crippen LogP contribution in [-0.2, 0) is 0 Å². The van der Waals surface area contributed by atoms with Gasteiger partial charge in [-0.05, 0) is 24.3 Å². The van der Waals surface area contributed by atoms with Gasteiger partial charge in [0, 0.05) is 11.6 Å². The van der Waals surface area contributed by atoms with E-state index in [1.54, 1.807) is 24.1 Å². The summed E-state index contributed by atoms with van der Waals surface area (Å²) in [5.41, 5.74) is 3.73. The number of ether oxygens (including phenoxy) is 1. The van der Waals surface area contributed by atoms with E-state index >= 15 is 0 Å². The molecular formula is C17H16BN5O2. The first-order valence-electron chi connectivity index (χ1n) is 8.11. The Morgan fingerprint density at radius 1 is 1.32 bits per heavy atom. The molecule has 7 nitrogen and oxygen atoms in total. The fraction of sp³-hybridized carbons (Fsp3) is 0.176. The first kappa shape index (κ1) is 15.4. The number of imidazole rings is 1. The van der Waals surface area contributed by atoms with Gasteiger partial charge in [-0.15, -0.1) is 0 Å². The molecule has 0 saturated heterocycles. The molecule has 4 aromatic rings. The molecule has 0 saturated carbocycles. The van der Waals surface area contributed by atoms with E-state index in [9.17, 15) is 4.79 Å². The molecule has 1 N–H and O–H groups in total. The Morgan fingerprint density at radius 2 is 2.20 bits per heavy atom. The maximum atomic E-state index is 12.6. The molecule has 0 aliphatic heterocycles. The first-order valence-corrected chi connectivity index (χ1v) is 8.11. The minimum absolute atomic E-state index is 0.216. The third-order valence-electron chi connectivity index (χ3n) is 4.24. The number of fused-ring (bicyclic) bond motifs is 2. The van der Waals surface area contributed by atoms with E-state index in [0.717, 1.165) is 35.7 Å². The highest BCUT2D eigenvalue weighted by Crippen LogP contribution is 2.25. The van der Waals surface area contributed by atoms with Crippen molar-refractivity contribution in [3.05, 3.63) is 47.1 Å². The number of hydrogen-bond acceptors (Lipinski definition) is 5. The lowest BCUT2D eigenvalue weighted by Crippen LogP contribution is -2.21. The Morgan fingerprint density at radius 3 is 3.00 bits per heavy atom. The number of rotatable bonds is 4. The lowest BCUT2D eigenvalue weighted by molar-refractivity contribution is 0.417. The Hall–Kier alpha value is -3.16. The van der Waals surface area contributed by atoms with Crippen molar-refractivity contribution in [2.24, 2.45) is 0 Å². The molecule has 0 fully saturated rings. The standard InChI is InChI=1S/C17H16BN5O2/c1-3-18-12-6-7-19-16-15(12)23(17(24)21-16)10-4-5-13-11(8-10)14(25-2)9-20-22-13/h4-9,18H,3H2,1-2H3,(H,19,21,24). The van der Waals surface area contributed by atoms with Crippen molar-refractivity contribution >= 4 is 34.8 Å². The van der Waals surface area contributed by atoms with Crippen LogP contribution in [0, 0.1) is 0 Å². The van der Waals surface area contributed by atoms with E-state index in [2.05, 4.69) is 27.1 Å². The molecule has 0 aliphatic rings. The molecule has 0 atom stereocenters. The first-order chi connectivity index (χ1) is 12.2. The molecule has 0 aliphatic carbocycles. The van der Waals surface area contributed by atoms with Gasteiger partial charge in [-0.25, -0.2) is 9.78 Å². The van der Waals surface area contributed by atoms with Crippen molar-refractivity contribution in [3.63, 3.8) is 0 Å². The Kier molecular flexibility index (Phi) is 3.72. The van der Waals surface area contributed by atoms with Crippen molar-refractivity contribution in [3.8, 4) is 11.4 Å². The molecule has 0 amide bonds. The van der Waals surface area contributed by atoms with E-state index < -0.39 is 0 Å². The topological polar surface area (TPSA) is 85.7 Å². The summed E-state index contributed by atoms with van der Waals surface area (Å²) in [6.45, 7) is 2.11. The molecule has 1 aromatic carbocycles. The minimum atomic E-state index is -0.216. The Bertz CT molecular complexity index is 1130. The summed E-state index contributed by atoms with van der Waals surface area (Å²) in [6, 6.07) is 7.54. The molecule has 25 heavy (non-hydrogen) atoms. The van der Waals surface area contributed by atoms with Crippen LogP contribution >= 0.6 is 0 Å². The van der Waals surface area contributed by atoms with E-state index in [1.807, 2.05) is 24.3 Å². The predicted molar refractivity (Wildman–Crippen MR) is 98.6 cm³/mol. The van der Waals surface area contributed by atoms with Gasteiger partial charge >= 0.3 is 5.69 Å². The van der Waals surface area contributed by atoms with Gasteiger partial charge in [-0.1, -0.05) is 18.7 Å². The number of hydrogen-bond donors (Lipinski definition) is 1. The van der Waals surface area contributed by atoms with E-state index in [1.165, 1.54) is 0 Å². The Labute approximate surface area is 143 Å². The van der Waals surface area contributed by atoms with Crippen molar-refractivity contribution in [1.29, 1.82) is 0 Å². The third kappa shape index (κ3) is 2.46. The largest absolute Gasteiger partial charge is 0.494 e. The number of pyridine rings is 1. The molecule has 3 aromatic heterocycles. The van der Waals surface area contributed by atoms with Crippen LogP contribution < -0.4 is 15.9 Å².